The summed E-state index contributed by atoms with van der Waals surface area (Å²) in [5, 5.41) is 11.3. The van der Waals surface area contributed by atoms with Gasteiger partial charge >= 0.3 is 0 Å². The van der Waals surface area contributed by atoms with Crippen LogP contribution in [0.15, 0.2) is 70.3 Å². The minimum Gasteiger partial charge on any atom is -0.503 e. The average Bonchev–Trinajstić information content (AvgIpc) is 3.29. The molecule has 1 unspecified atom stereocenters. The van der Waals surface area contributed by atoms with E-state index in [1.807, 2.05) is 13.0 Å². The fraction of sp³-hybridized carbons (Fsp3) is 0.250. The molecule has 1 aromatic heterocycles. The van der Waals surface area contributed by atoms with Gasteiger partial charge < -0.3 is 14.4 Å². The number of fused-ring (bicyclic) bond motifs is 1. The predicted octanol–water partition coefficient (Wildman–Crippen LogP) is 5.34. The number of ketones is 1. The van der Waals surface area contributed by atoms with Gasteiger partial charge in [0.05, 0.1) is 11.6 Å². The van der Waals surface area contributed by atoms with Gasteiger partial charge in [-0.3, -0.25) is 9.59 Å². The number of carbonyl (C=O) groups excluding carboxylic acids is 2. The van der Waals surface area contributed by atoms with Crippen molar-refractivity contribution in [1.82, 2.24) is 4.90 Å². The van der Waals surface area contributed by atoms with Crippen LogP contribution in [-0.2, 0) is 4.79 Å². The topological polar surface area (TPSA) is 70.8 Å². The maximum atomic E-state index is 14.7. The fourth-order valence-corrected chi connectivity index (χ4v) is 3.90. The number of rotatable bonds is 7. The first-order valence-electron chi connectivity index (χ1n) is 10.0. The summed E-state index contributed by atoms with van der Waals surface area (Å²) in [5.41, 5.74) is 0.541. The van der Waals surface area contributed by atoms with Crippen molar-refractivity contribution in [3.05, 3.63) is 83.1 Å². The molecule has 1 atom stereocenters. The highest BCUT2D eigenvalue weighted by Crippen LogP contribution is 2.40. The Labute approximate surface area is 173 Å². The minimum atomic E-state index is -1.00. The van der Waals surface area contributed by atoms with Crippen LogP contribution in [0.4, 0.5) is 4.39 Å². The van der Waals surface area contributed by atoms with Crippen molar-refractivity contribution in [2.75, 3.05) is 6.54 Å². The molecule has 1 amide bonds. The lowest BCUT2D eigenvalue weighted by Crippen LogP contribution is -2.32. The fourth-order valence-electron chi connectivity index (χ4n) is 3.90. The molecule has 0 radical (unpaired) electrons. The SMILES string of the molecule is CCCCCN1C(=O)C(O)=C(C(=O)c2cc3ccccc3o2)C1c1ccccc1F. The van der Waals surface area contributed by atoms with Gasteiger partial charge in [-0.15, -0.1) is 0 Å². The first kappa shape index (κ1) is 19.9. The number of hydrogen-bond acceptors (Lipinski definition) is 4. The monoisotopic (exact) mass is 407 g/mol. The summed E-state index contributed by atoms with van der Waals surface area (Å²) in [7, 11) is 0. The van der Waals surface area contributed by atoms with Crippen LogP contribution in [0, 0.1) is 5.82 Å². The van der Waals surface area contributed by atoms with Crippen molar-refractivity contribution in [1.29, 1.82) is 0 Å². The molecule has 0 fully saturated rings. The van der Waals surface area contributed by atoms with E-state index in [1.54, 1.807) is 36.4 Å². The van der Waals surface area contributed by atoms with E-state index in [0.29, 0.717) is 18.5 Å². The Bertz CT molecular complexity index is 1110. The molecule has 154 valence electrons. The van der Waals surface area contributed by atoms with Crippen LogP contribution in [0.5, 0.6) is 0 Å². The number of unbranched alkanes of at least 4 members (excludes halogenated alkanes) is 2. The van der Waals surface area contributed by atoms with Crippen LogP contribution in [-0.4, -0.2) is 28.2 Å². The number of halogens is 1. The molecule has 2 aromatic carbocycles. The van der Waals surface area contributed by atoms with Gasteiger partial charge in [-0.25, -0.2) is 4.39 Å². The molecule has 0 spiro atoms. The molecule has 30 heavy (non-hydrogen) atoms. The lowest BCUT2D eigenvalue weighted by Gasteiger charge is -2.27. The quantitative estimate of drug-likeness (QED) is 0.424. The summed E-state index contributed by atoms with van der Waals surface area (Å²) >= 11 is 0. The second-order valence-corrected chi connectivity index (χ2v) is 7.37. The Morgan fingerprint density at radius 1 is 1.13 bits per heavy atom. The smallest absolute Gasteiger partial charge is 0.290 e. The van der Waals surface area contributed by atoms with Crippen molar-refractivity contribution in [3.8, 4) is 0 Å². The number of aliphatic hydroxyl groups excluding tert-OH is 1. The molecule has 0 bridgehead atoms. The van der Waals surface area contributed by atoms with E-state index in [9.17, 15) is 19.1 Å². The van der Waals surface area contributed by atoms with Crippen LogP contribution in [0.2, 0.25) is 0 Å². The Kier molecular flexibility index (Phi) is 5.40. The van der Waals surface area contributed by atoms with Crippen molar-refractivity contribution in [2.45, 2.75) is 32.2 Å². The van der Waals surface area contributed by atoms with Crippen LogP contribution in [0.3, 0.4) is 0 Å². The van der Waals surface area contributed by atoms with Gasteiger partial charge in [0, 0.05) is 17.5 Å². The van der Waals surface area contributed by atoms with Gasteiger partial charge in [0.15, 0.2) is 11.5 Å². The number of amides is 1. The van der Waals surface area contributed by atoms with Crippen molar-refractivity contribution < 1.29 is 23.5 Å². The number of Topliss-reactive ketones (excluding diaryl/α,β-unsaturated/α-hetero) is 1. The summed E-state index contributed by atoms with van der Waals surface area (Å²) in [6.45, 7) is 2.35. The number of furan rings is 1. The lowest BCUT2D eigenvalue weighted by atomic mass is 9.94. The maximum Gasteiger partial charge on any atom is 0.290 e. The molecule has 2 heterocycles. The lowest BCUT2D eigenvalue weighted by molar-refractivity contribution is -0.129. The molecular formula is C24H22FNO4. The van der Waals surface area contributed by atoms with Gasteiger partial charge in [-0.05, 0) is 24.6 Å². The zero-order valence-corrected chi connectivity index (χ0v) is 16.6. The van der Waals surface area contributed by atoms with E-state index in [-0.39, 0.29) is 16.9 Å². The number of benzene rings is 2. The van der Waals surface area contributed by atoms with Gasteiger partial charge in [0.25, 0.3) is 5.91 Å². The highest BCUT2D eigenvalue weighted by molar-refractivity contribution is 6.16. The van der Waals surface area contributed by atoms with Gasteiger partial charge in [-0.2, -0.15) is 0 Å². The minimum absolute atomic E-state index is 0.00213. The highest BCUT2D eigenvalue weighted by Gasteiger charge is 2.45. The summed E-state index contributed by atoms with van der Waals surface area (Å²) in [5.74, 6) is -2.48. The second-order valence-electron chi connectivity index (χ2n) is 7.37. The van der Waals surface area contributed by atoms with E-state index in [0.717, 1.165) is 18.2 Å². The predicted molar refractivity (Wildman–Crippen MR) is 111 cm³/mol. The molecular weight excluding hydrogens is 385 g/mol. The number of nitrogens with zero attached hydrogens (tertiary/aromatic N) is 1. The number of carbonyl (C=O) groups is 2. The third kappa shape index (κ3) is 3.38. The van der Waals surface area contributed by atoms with E-state index in [2.05, 4.69) is 0 Å². The molecule has 6 heteroatoms. The van der Waals surface area contributed by atoms with Crippen LogP contribution in [0.25, 0.3) is 11.0 Å². The van der Waals surface area contributed by atoms with E-state index >= 15 is 0 Å². The molecule has 1 N–H and O–H groups in total. The van der Waals surface area contributed by atoms with Gasteiger partial charge in [-0.1, -0.05) is 56.2 Å². The van der Waals surface area contributed by atoms with Crippen molar-refractivity contribution in [3.63, 3.8) is 0 Å². The molecule has 1 aliphatic rings. The van der Waals surface area contributed by atoms with E-state index in [1.165, 1.54) is 17.0 Å². The Morgan fingerprint density at radius 2 is 1.87 bits per heavy atom. The summed E-state index contributed by atoms with van der Waals surface area (Å²) in [6, 6.07) is 13.7. The van der Waals surface area contributed by atoms with Gasteiger partial charge in [0.1, 0.15) is 11.4 Å². The Balaban J connectivity index is 1.79. The zero-order valence-electron chi connectivity index (χ0n) is 16.6. The van der Waals surface area contributed by atoms with Crippen molar-refractivity contribution >= 4 is 22.7 Å². The zero-order chi connectivity index (χ0) is 21.3. The van der Waals surface area contributed by atoms with E-state index in [4.69, 9.17) is 4.42 Å². The van der Waals surface area contributed by atoms with Crippen LogP contribution < -0.4 is 0 Å². The molecule has 5 nitrogen and oxygen atoms in total. The largest absolute Gasteiger partial charge is 0.503 e. The highest BCUT2D eigenvalue weighted by atomic mass is 19.1. The van der Waals surface area contributed by atoms with Gasteiger partial charge in [0.2, 0.25) is 5.78 Å². The molecule has 4 rings (SSSR count). The molecule has 0 saturated heterocycles. The third-order valence-corrected chi connectivity index (χ3v) is 5.40. The summed E-state index contributed by atoms with van der Waals surface area (Å²) < 4.78 is 20.3. The number of aliphatic hydroxyl groups is 1. The summed E-state index contributed by atoms with van der Waals surface area (Å²) in [6.07, 6.45) is 2.50. The number of hydrogen-bond donors (Lipinski definition) is 1. The van der Waals surface area contributed by atoms with Crippen molar-refractivity contribution in [2.24, 2.45) is 0 Å². The average molecular weight is 407 g/mol. The van der Waals surface area contributed by atoms with E-state index < -0.39 is 29.3 Å². The number of para-hydroxylation sites is 1. The summed E-state index contributed by atoms with van der Waals surface area (Å²) in [4.78, 5) is 27.5. The second kappa shape index (κ2) is 8.14. The van der Waals surface area contributed by atoms with Crippen LogP contribution >= 0.6 is 0 Å². The molecule has 0 saturated carbocycles. The standard InChI is InChI=1S/C24H22FNO4/c1-2-3-8-13-26-21(16-10-5-6-11-17(16)25)20(23(28)24(26)29)22(27)19-14-15-9-4-7-12-18(15)30-19/h4-7,9-12,14,21,28H,2-3,8,13H2,1H3. The Morgan fingerprint density at radius 3 is 2.60 bits per heavy atom. The van der Waals surface area contributed by atoms with Crippen LogP contribution in [0.1, 0.15) is 48.3 Å². The first-order chi connectivity index (χ1) is 14.5. The third-order valence-electron chi connectivity index (χ3n) is 5.40. The Hall–Kier alpha value is -3.41. The molecule has 1 aliphatic heterocycles. The molecule has 3 aromatic rings. The first-order valence-corrected chi connectivity index (χ1v) is 10.0. The molecule has 0 aliphatic carbocycles. The normalized spacial score (nSPS) is 16.7. The maximum absolute atomic E-state index is 14.7.